The summed E-state index contributed by atoms with van der Waals surface area (Å²) in [5.74, 6) is 0. The number of fused-ring (bicyclic) bond motifs is 1. The van der Waals surface area contributed by atoms with E-state index in [0.29, 0.717) is 0 Å². The van der Waals surface area contributed by atoms with Crippen LogP contribution in [-0.2, 0) is 0 Å². The van der Waals surface area contributed by atoms with Crippen molar-refractivity contribution in [1.82, 2.24) is 0 Å². The molecule has 2 nitrogen and oxygen atoms in total. The molecule has 0 fully saturated rings. The van der Waals surface area contributed by atoms with Gasteiger partial charge in [-0.3, -0.25) is 0 Å². The van der Waals surface area contributed by atoms with Crippen molar-refractivity contribution in [2.24, 2.45) is 0 Å². The van der Waals surface area contributed by atoms with Gasteiger partial charge >= 0.3 is 0 Å². The highest BCUT2D eigenvalue weighted by Crippen LogP contribution is 2.43. The van der Waals surface area contributed by atoms with Crippen molar-refractivity contribution in [2.75, 3.05) is 5.32 Å². The van der Waals surface area contributed by atoms with Gasteiger partial charge in [0, 0.05) is 15.1 Å². The van der Waals surface area contributed by atoms with Gasteiger partial charge in [0.15, 0.2) is 0 Å². The average molecular weight is 331 g/mol. The number of anilines is 1. The second-order valence-electron chi connectivity index (χ2n) is 4.34. The Hall–Kier alpha value is -1.44. The number of nitrogens with one attached hydrogen (secondary N) is 1. The van der Waals surface area contributed by atoms with Crippen LogP contribution in [0, 0.1) is 11.3 Å². The summed E-state index contributed by atoms with van der Waals surface area (Å²) in [5, 5.41) is 12.7. The smallest absolute Gasteiger partial charge is 0.121 e. The SMILES string of the molecule is N#CC1Sc2ccccc2NC1c1ccc(Br)cc1. The van der Waals surface area contributed by atoms with E-state index in [9.17, 15) is 5.26 Å². The molecule has 0 bridgehead atoms. The summed E-state index contributed by atoms with van der Waals surface area (Å²) < 4.78 is 1.05. The van der Waals surface area contributed by atoms with Gasteiger partial charge in [0.2, 0.25) is 0 Å². The maximum absolute atomic E-state index is 9.38. The number of nitriles is 1. The van der Waals surface area contributed by atoms with Crippen LogP contribution in [0.5, 0.6) is 0 Å². The molecular weight excluding hydrogens is 320 g/mol. The molecule has 0 radical (unpaired) electrons. The molecule has 2 aromatic rings. The number of hydrogen-bond donors (Lipinski definition) is 1. The van der Waals surface area contributed by atoms with Gasteiger partial charge in [0.25, 0.3) is 0 Å². The number of nitrogens with zero attached hydrogens (tertiary/aromatic N) is 1. The van der Waals surface area contributed by atoms with Crippen LogP contribution in [0.1, 0.15) is 11.6 Å². The van der Waals surface area contributed by atoms with Gasteiger partial charge in [-0.25, -0.2) is 0 Å². The molecule has 3 rings (SSSR count). The van der Waals surface area contributed by atoms with Crippen molar-refractivity contribution < 1.29 is 0 Å². The van der Waals surface area contributed by atoms with E-state index in [1.807, 2.05) is 24.3 Å². The number of para-hydroxylation sites is 1. The summed E-state index contributed by atoms with van der Waals surface area (Å²) >= 11 is 5.07. The van der Waals surface area contributed by atoms with Crippen LogP contribution in [0.15, 0.2) is 57.9 Å². The topological polar surface area (TPSA) is 35.8 Å². The molecule has 0 amide bonds. The van der Waals surface area contributed by atoms with E-state index in [-0.39, 0.29) is 11.3 Å². The number of halogens is 1. The molecular formula is C15H11BrN2S. The minimum atomic E-state index is -0.115. The molecule has 1 N–H and O–H groups in total. The molecule has 19 heavy (non-hydrogen) atoms. The van der Waals surface area contributed by atoms with Crippen molar-refractivity contribution in [3.8, 4) is 6.07 Å². The zero-order valence-corrected chi connectivity index (χ0v) is 12.4. The van der Waals surface area contributed by atoms with Gasteiger partial charge in [-0.2, -0.15) is 5.26 Å². The van der Waals surface area contributed by atoms with Crippen LogP contribution in [0.25, 0.3) is 0 Å². The van der Waals surface area contributed by atoms with Crippen molar-refractivity contribution in [2.45, 2.75) is 16.2 Å². The van der Waals surface area contributed by atoms with Crippen LogP contribution in [0.3, 0.4) is 0 Å². The lowest BCUT2D eigenvalue weighted by atomic mass is 10.0. The third-order valence-corrected chi connectivity index (χ3v) is 4.88. The standard InChI is InChI=1S/C15H11BrN2S/c16-11-7-5-10(6-8-11)15-14(9-17)19-13-4-2-1-3-12(13)18-15/h1-8,14-15,18H. The molecule has 2 aromatic carbocycles. The normalized spacial score (nSPS) is 21.1. The highest BCUT2D eigenvalue weighted by molar-refractivity contribution is 9.10. The Morgan fingerprint density at radius 1 is 1.11 bits per heavy atom. The second-order valence-corrected chi connectivity index (χ2v) is 6.44. The first-order valence-corrected chi connectivity index (χ1v) is 7.62. The lowest BCUT2D eigenvalue weighted by Gasteiger charge is -2.30. The zero-order valence-electron chi connectivity index (χ0n) is 10.0. The largest absolute Gasteiger partial charge is 0.375 e. The fourth-order valence-electron chi connectivity index (χ4n) is 2.17. The van der Waals surface area contributed by atoms with E-state index in [2.05, 4.69) is 51.6 Å². The van der Waals surface area contributed by atoms with Crippen LogP contribution in [0.4, 0.5) is 5.69 Å². The second kappa shape index (κ2) is 5.28. The van der Waals surface area contributed by atoms with Crippen molar-refractivity contribution in [1.29, 1.82) is 5.26 Å². The Morgan fingerprint density at radius 2 is 1.84 bits per heavy atom. The molecule has 1 heterocycles. The number of thioether (sulfide) groups is 1. The third-order valence-electron chi connectivity index (χ3n) is 3.11. The van der Waals surface area contributed by atoms with E-state index < -0.39 is 0 Å². The van der Waals surface area contributed by atoms with Crippen LogP contribution in [-0.4, -0.2) is 5.25 Å². The third kappa shape index (κ3) is 2.49. The molecule has 0 spiro atoms. The molecule has 0 saturated carbocycles. The maximum atomic E-state index is 9.38. The van der Waals surface area contributed by atoms with Gasteiger partial charge in [-0.05, 0) is 29.8 Å². The molecule has 0 saturated heterocycles. The Morgan fingerprint density at radius 3 is 2.58 bits per heavy atom. The minimum Gasteiger partial charge on any atom is -0.375 e. The zero-order chi connectivity index (χ0) is 13.2. The first kappa shape index (κ1) is 12.6. The van der Waals surface area contributed by atoms with E-state index in [1.54, 1.807) is 11.8 Å². The molecule has 1 aliphatic rings. The first-order valence-electron chi connectivity index (χ1n) is 5.95. The molecule has 2 atom stereocenters. The molecule has 0 aromatic heterocycles. The van der Waals surface area contributed by atoms with Gasteiger partial charge in [0.1, 0.15) is 5.25 Å². The quantitative estimate of drug-likeness (QED) is 0.829. The summed E-state index contributed by atoms with van der Waals surface area (Å²) in [6.07, 6.45) is 0. The summed E-state index contributed by atoms with van der Waals surface area (Å²) in [6, 6.07) is 18.7. The Bertz CT molecular complexity index is 633. The highest BCUT2D eigenvalue weighted by atomic mass is 79.9. The molecule has 2 unspecified atom stereocenters. The number of rotatable bonds is 1. The predicted octanol–water partition coefficient (Wildman–Crippen LogP) is 4.60. The van der Waals surface area contributed by atoms with E-state index in [4.69, 9.17) is 0 Å². The van der Waals surface area contributed by atoms with Crippen molar-refractivity contribution in [3.05, 3.63) is 58.6 Å². The van der Waals surface area contributed by atoms with Gasteiger partial charge in [-0.15, -0.1) is 11.8 Å². The summed E-state index contributed by atoms with van der Waals surface area (Å²) in [6.45, 7) is 0. The molecule has 0 aliphatic carbocycles. The first-order chi connectivity index (χ1) is 9.28. The molecule has 94 valence electrons. The van der Waals surface area contributed by atoms with Crippen molar-refractivity contribution in [3.63, 3.8) is 0 Å². The number of hydrogen-bond acceptors (Lipinski definition) is 3. The fourth-order valence-corrected chi connectivity index (χ4v) is 3.53. The summed E-state index contributed by atoms with van der Waals surface area (Å²) in [7, 11) is 0. The number of benzene rings is 2. The monoisotopic (exact) mass is 330 g/mol. The maximum Gasteiger partial charge on any atom is 0.121 e. The molecule has 4 heteroatoms. The highest BCUT2D eigenvalue weighted by Gasteiger charge is 2.29. The van der Waals surface area contributed by atoms with Crippen LogP contribution >= 0.6 is 27.7 Å². The predicted molar refractivity (Wildman–Crippen MR) is 82.2 cm³/mol. The summed E-state index contributed by atoms with van der Waals surface area (Å²) in [4.78, 5) is 1.14. The lowest BCUT2D eigenvalue weighted by molar-refractivity contribution is 0.805. The van der Waals surface area contributed by atoms with Gasteiger partial charge in [0.05, 0.1) is 12.1 Å². The van der Waals surface area contributed by atoms with E-state index >= 15 is 0 Å². The summed E-state index contributed by atoms with van der Waals surface area (Å²) in [5.41, 5.74) is 2.24. The minimum absolute atomic E-state index is 0.0259. The van der Waals surface area contributed by atoms with Crippen molar-refractivity contribution >= 4 is 33.4 Å². The van der Waals surface area contributed by atoms with Crippen LogP contribution < -0.4 is 5.32 Å². The molecule has 1 aliphatic heterocycles. The van der Waals surface area contributed by atoms with E-state index in [1.165, 1.54) is 0 Å². The van der Waals surface area contributed by atoms with E-state index in [0.717, 1.165) is 20.6 Å². The lowest BCUT2D eigenvalue weighted by Crippen LogP contribution is -2.25. The Balaban J connectivity index is 1.98. The Kier molecular flexibility index (Phi) is 3.50. The van der Waals surface area contributed by atoms with Gasteiger partial charge in [-0.1, -0.05) is 40.2 Å². The Labute approximate surface area is 125 Å². The fraction of sp³-hybridized carbons (Fsp3) is 0.133. The van der Waals surface area contributed by atoms with Crippen LogP contribution in [0.2, 0.25) is 0 Å². The van der Waals surface area contributed by atoms with Gasteiger partial charge < -0.3 is 5.32 Å². The average Bonchev–Trinajstić information content (AvgIpc) is 2.46.